The van der Waals surface area contributed by atoms with Crippen LogP contribution in [0, 0.1) is 10.1 Å². The van der Waals surface area contributed by atoms with E-state index < -0.39 is 4.92 Å². The Hall–Kier alpha value is -2.15. The van der Waals surface area contributed by atoms with Crippen molar-refractivity contribution in [2.45, 2.75) is 19.4 Å². The van der Waals surface area contributed by atoms with Gasteiger partial charge in [0.25, 0.3) is 5.69 Å². The fourth-order valence-electron chi connectivity index (χ4n) is 1.78. The van der Waals surface area contributed by atoms with E-state index in [0.29, 0.717) is 16.9 Å². The van der Waals surface area contributed by atoms with E-state index in [1.54, 1.807) is 13.0 Å². The predicted molar refractivity (Wildman–Crippen MR) is 58.6 cm³/mol. The fraction of sp³-hybridized carbons (Fsp3) is 0.364. The lowest BCUT2D eigenvalue weighted by molar-refractivity contribution is -0.385. The molecule has 1 radical (unpaired) electrons. The Morgan fingerprint density at radius 1 is 1.61 bits per heavy atom. The van der Waals surface area contributed by atoms with Gasteiger partial charge in [0.15, 0.2) is 5.75 Å². The first-order valence-corrected chi connectivity index (χ1v) is 5.23. The molecule has 1 unspecified atom stereocenters. The topological polar surface area (TPSA) is 87.9 Å². The number of rotatable bonds is 5. The van der Waals surface area contributed by atoms with Crippen LogP contribution in [0.4, 0.5) is 5.69 Å². The van der Waals surface area contributed by atoms with Crippen LogP contribution in [0.15, 0.2) is 12.1 Å². The van der Waals surface area contributed by atoms with Gasteiger partial charge in [-0.3, -0.25) is 10.1 Å². The highest BCUT2D eigenvalue weighted by atomic mass is 17.2. The number of nitro groups is 1. The number of carbonyl (C=O) groups excluding carboxylic acids is 1. The summed E-state index contributed by atoms with van der Waals surface area (Å²) < 4.78 is 4.50. The third-order valence-electron chi connectivity index (χ3n) is 2.69. The zero-order valence-corrected chi connectivity index (χ0v) is 9.54. The first kappa shape index (κ1) is 12.3. The molecule has 95 valence electrons. The molecule has 7 heteroatoms. The molecule has 1 atom stereocenters. The van der Waals surface area contributed by atoms with E-state index in [1.807, 2.05) is 0 Å². The van der Waals surface area contributed by atoms with Crippen molar-refractivity contribution in [1.29, 1.82) is 0 Å². The van der Waals surface area contributed by atoms with E-state index in [-0.39, 0.29) is 24.8 Å². The van der Waals surface area contributed by atoms with Crippen LogP contribution in [0.5, 0.6) is 5.75 Å². The number of fused-ring (bicyclic) bond motifs is 1. The number of nitro benzene ring substituents is 1. The zero-order valence-electron chi connectivity index (χ0n) is 9.54. The quantitative estimate of drug-likeness (QED) is 0.449. The maximum absolute atomic E-state index is 11.0. The van der Waals surface area contributed by atoms with E-state index in [2.05, 4.69) is 4.74 Å². The van der Waals surface area contributed by atoms with Crippen LogP contribution in [-0.4, -0.2) is 18.0 Å². The molecule has 1 heterocycles. The Morgan fingerprint density at radius 3 is 3.06 bits per heavy atom. The van der Waals surface area contributed by atoms with E-state index in [1.165, 1.54) is 12.5 Å². The third kappa shape index (κ3) is 2.25. The van der Waals surface area contributed by atoms with Crippen molar-refractivity contribution in [3.05, 3.63) is 33.4 Å². The van der Waals surface area contributed by atoms with Gasteiger partial charge in [-0.1, -0.05) is 6.92 Å². The zero-order chi connectivity index (χ0) is 13.1. The summed E-state index contributed by atoms with van der Waals surface area (Å²) in [6.45, 7) is 3.21. The summed E-state index contributed by atoms with van der Waals surface area (Å²) in [7, 11) is 0. The van der Waals surface area contributed by atoms with E-state index in [0.717, 1.165) is 0 Å². The van der Waals surface area contributed by atoms with Crippen LogP contribution >= 0.6 is 0 Å². The smallest absolute Gasteiger partial charge is 0.417 e. The number of hydrogen-bond acceptors (Lipinski definition) is 6. The Kier molecular flexibility index (Phi) is 3.42. The van der Waals surface area contributed by atoms with Gasteiger partial charge in [0.05, 0.1) is 11.5 Å². The summed E-state index contributed by atoms with van der Waals surface area (Å²) in [4.78, 5) is 30.2. The lowest BCUT2D eigenvalue weighted by Gasteiger charge is -2.11. The maximum Gasteiger partial charge on any atom is 0.417 e. The van der Waals surface area contributed by atoms with Crippen LogP contribution in [0.2, 0.25) is 0 Å². The first-order valence-electron chi connectivity index (χ1n) is 5.23. The van der Waals surface area contributed by atoms with Gasteiger partial charge in [-0.25, -0.2) is 4.79 Å². The Labute approximate surface area is 102 Å². The number of ether oxygens (including phenoxy) is 1. The average Bonchev–Trinajstić information content (AvgIpc) is 2.81. The Morgan fingerprint density at radius 2 is 2.39 bits per heavy atom. The highest BCUT2D eigenvalue weighted by molar-refractivity contribution is 5.52. The van der Waals surface area contributed by atoms with Gasteiger partial charge >= 0.3 is 6.47 Å². The predicted octanol–water partition coefficient (Wildman–Crippen LogP) is 1.61. The van der Waals surface area contributed by atoms with Crippen molar-refractivity contribution >= 4 is 12.2 Å². The molecule has 2 rings (SSSR count). The highest BCUT2D eigenvalue weighted by Gasteiger charge is 2.26. The van der Waals surface area contributed by atoms with Crippen LogP contribution in [0.3, 0.4) is 0 Å². The van der Waals surface area contributed by atoms with E-state index in [4.69, 9.17) is 9.78 Å². The largest absolute Gasteiger partial charge is 0.457 e. The molecule has 0 aromatic heterocycles. The SMILES string of the molecule is CC(CO[C]=O)c1cc2c(cc1[N+](=O)[O-])COO2. The summed E-state index contributed by atoms with van der Waals surface area (Å²) in [6.07, 6.45) is 0. The molecule has 1 aliphatic heterocycles. The van der Waals surface area contributed by atoms with Crippen LogP contribution in [0.25, 0.3) is 0 Å². The second kappa shape index (κ2) is 5.01. The van der Waals surface area contributed by atoms with Crippen LogP contribution < -0.4 is 4.89 Å². The molecule has 0 amide bonds. The van der Waals surface area contributed by atoms with Gasteiger partial charge in [0, 0.05) is 23.1 Å². The Balaban J connectivity index is 2.37. The molecule has 1 aromatic carbocycles. The number of benzene rings is 1. The van der Waals surface area contributed by atoms with E-state index in [9.17, 15) is 14.9 Å². The lowest BCUT2D eigenvalue weighted by Crippen LogP contribution is -2.07. The highest BCUT2D eigenvalue weighted by Crippen LogP contribution is 2.36. The van der Waals surface area contributed by atoms with Gasteiger partial charge in [-0.2, -0.15) is 4.89 Å². The van der Waals surface area contributed by atoms with Gasteiger partial charge in [-0.05, 0) is 6.07 Å². The molecule has 0 N–H and O–H groups in total. The molecular formula is C11H10NO6. The molecule has 18 heavy (non-hydrogen) atoms. The fourth-order valence-corrected chi connectivity index (χ4v) is 1.78. The molecule has 0 spiro atoms. The standard InChI is InChI=1S/C11H10NO6/c1-7(4-16-6-13)9-3-11-8(5-17-18-11)2-10(9)12(14)15/h2-3,7H,4-5H2,1H3. The molecule has 1 aromatic rings. The van der Waals surface area contributed by atoms with Gasteiger partial charge < -0.3 is 9.62 Å². The molecule has 0 aliphatic carbocycles. The van der Waals surface area contributed by atoms with Crippen molar-refractivity contribution < 1.29 is 24.2 Å². The second-order valence-corrected chi connectivity index (χ2v) is 3.92. The summed E-state index contributed by atoms with van der Waals surface area (Å²) in [5.74, 6) is 0.124. The minimum atomic E-state index is -0.477. The van der Waals surface area contributed by atoms with Crippen molar-refractivity contribution in [1.82, 2.24) is 0 Å². The minimum absolute atomic E-state index is 0.0178. The second-order valence-electron chi connectivity index (χ2n) is 3.92. The van der Waals surface area contributed by atoms with Crippen molar-refractivity contribution in [3.63, 3.8) is 0 Å². The summed E-state index contributed by atoms with van der Waals surface area (Å²) in [6, 6.07) is 2.96. The van der Waals surface area contributed by atoms with Crippen molar-refractivity contribution in [2.75, 3.05) is 6.61 Å². The van der Waals surface area contributed by atoms with Crippen LogP contribution in [-0.2, 0) is 21.0 Å². The molecule has 0 saturated heterocycles. The van der Waals surface area contributed by atoms with Gasteiger partial charge in [0.1, 0.15) is 6.61 Å². The third-order valence-corrected chi connectivity index (χ3v) is 2.69. The number of nitrogens with zero attached hydrogens (tertiary/aromatic N) is 1. The minimum Gasteiger partial charge on any atom is -0.457 e. The Bertz CT molecular complexity index is 487. The molecule has 0 saturated carbocycles. The summed E-state index contributed by atoms with van der Waals surface area (Å²) >= 11 is 0. The molecule has 0 bridgehead atoms. The first-order chi connectivity index (χ1) is 8.63. The maximum atomic E-state index is 11.0. The van der Waals surface area contributed by atoms with Crippen molar-refractivity contribution in [3.8, 4) is 5.75 Å². The summed E-state index contributed by atoms with van der Waals surface area (Å²) in [5, 5.41) is 11.0. The van der Waals surface area contributed by atoms with Crippen molar-refractivity contribution in [2.24, 2.45) is 0 Å². The van der Waals surface area contributed by atoms with Crippen LogP contribution in [0.1, 0.15) is 24.0 Å². The molecule has 1 aliphatic rings. The number of hydrogen-bond donors (Lipinski definition) is 0. The van der Waals surface area contributed by atoms with Gasteiger partial charge in [-0.15, -0.1) is 0 Å². The molecule has 0 fully saturated rings. The molecule has 7 nitrogen and oxygen atoms in total. The van der Waals surface area contributed by atoms with Gasteiger partial charge in [0.2, 0.25) is 0 Å². The normalized spacial score (nSPS) is 14.5. The average molecular weight is 252 g/mol. The lowest BCUT2D eigenvalue weighted by atomic mass is 9.98. The summed E-state index contributed by atoms with van der Waals surface area (Å²) in [5.41, 5.74) is 1.02. The monoisotopic (exact) mass is 252 g/mol. The van der Waals surface area contributed by atoms with E-state index >= 15 is 0 Å². The molecular weight excluding hydrogens is 242 g/mol.